The highest BCUT2D eigenvalue weighted by Gasteiger charge is 2.28. The van der Waals surface area contributed by atoms with Crippen molar-refractivity contribution < 1.29 is 23.8 Å². The molecule has 0 bridgehead atoms. The monoisotopic (exact) mass is 265 g/mol. The van der Waals surface area contributed by atoms with Gasteiger partial charge in [-0.1, -0.05) is 11.6 Å². The summed E-state index contributed by atoms with van der Waals surface area (Å²) in [5.41, 5.74) is 0.0431. The number of hydrogen-bond donors (Lipinski definition) is 3. The zero-order valence-electron chi connectivity index (χ0n) is 8.58. The summed E-state index contributed by atoms with van der Waals surface area (Å²) >= 11 is 5.56. The van der Waals surface area contributed by atoms with Crippen molar-refractivity contribution in [3.8, 4) is 5.75 Å². The van der Waals surface area contributed by atoms with E-state index in [0.29, 0.717) is 0 Å². The third kappa shape index (κ3) is 3.83. The van der Waals surface area contributed by atoms with E-state index >= 15 is 0 Å². The molecule has 0 unspecified atom stereocenters. The lowest BCUT2D eigenvalue weighted by molar-refractivity contribution is -0.0462. The molecule has 7 heteroatoms. The number of hydrogen-bond acceptors (Lipinski definition) is 3. The number of halogens is 3. The lowest BCUT2D eigenvalue weighted by Crippen LogP contribution is -2.38. The summed E-state index contributed by atoms with van der Waals surface area (Å²) in [6.45, 7) is -2.32. The number of nitrogens with one attached hydrogen (secondary N) is 1. The van der Waals surface area contributed by atoms with Gasteiger partial charge in [-0.25, -0.2) is 8.78 Å². The molecule has 0 aliphatic carbocycles. The average molecular weight is 266 g/mol. The quantitative estimate of drug-likeness (QED) is 0.771. The molecule has 1 aromatic rings. The largest absolute Gasteiger partial charge is 0.506 e. The second-order valence-corrected chi connectivity index (χ2v) is 3.77. The number of phenolic OH excluding ortho intramolecular Hbond substituents is 1. The maximum Gasteiger partial charge on any atom is 0.287 e. The Hall–Kier alpha value is -1.40. The number of amides is 1. The molecule has 0 aliphatic rings. The lowest BCUT2D eigenvalue weighted by atomic mass is 10.2. The van der Waals surface area contributed by atoms with Gasteiger partial charge in [-0.15, -0.1) is 0 Å². The summed E-state index contributed by atoms with van der Waals surface area (Å²) in [4.78, 5) is 11.4. The topological polar surface area (TPSA) is 69.6 Å². The SMILES string of the molecule is O=C(NCC(F)(F)CO)c1ccc(O)c(Cl)c1. The Morgan fingerprint density at radius 1 is 1.47 bits per heavy atom. The van der Waals surface area contributed by atoms with Crippen molar-refractivity contribution in [2.24, 2.45) is 0 Å². The molecule has 0 spiro atoms. The predicted molar refractivity (Wildman–Crippen MR) is 57.5 cm³/mol. The van der Waals surface area contributed by atoms with Gasteiger partial charge in [0.1, 0.15) is 12.4 Å². The molecule has 17 heavy (non-hydrogen) atoms. The number of carbonyl (C=O) groups is 1. The van der Waals surface area contributed by atoms with E-state index < -0.39 is 25.0 Å². The molecular formula is C10H10ClF2NO3. The molecule has 3 N–H and O–H groups in total. The highest BCUT2D eigenvalue weighted by molar-refractivity contribution is 6.32. The third-order valence-corrected chi connectivity index (χ3v) is 2.25. The first kappa shape index (κ1) is 13.7. The van der Waals surface area contributed by atoms with Crippen molar-refractivity contribution in [3.05, 3.63) is 28.8 Å². The van der Waals surface area contributed by atoms with E-state index in [1.54, 1.807) is 0 Å². The fraction of sp³-hybridized carbons (Fsp3) is 0.300. The van der Waals surface area contributed by atoms with Crippen LogP contribution in [0.5, 0.6) is 5.75 Å². The Bertz CT molecular complexity index is 426. The Morgan fingerprint density at radius 2 is 2.12 bits per heavy atom. The molecule has 1 amide bonds. The van der Waals surface area contributed by atoms with E-state index in [1.165, 1.54) is 12.1 Å². The van der Waals surface area contributed by atoms with Crippen LogP contribution in [0.15, 0.2) is 18.2 Å². The summed E-state index contributed by atoms with van der Waals surface area (Å²) in [6.07, 6.45) is 0. The van der Waals surface area contributed by atoms with Crippen molar-refractivity contribution >= 4 is 17.5 Å². The van der Waals surface area contributed by atoms with Crippen LogP contribution in [0.25, 0.3) is 0 Å². The van der Waals surface area contributed by atoms with Crippen LogP contribution in [-0.2, 0) is 0 Å². The first-order chi connectivity index (χ1) is 7.85. The predicted octanol–water partition coefficient (Wildman–Crippen LogP) is 1.40. The van der Waals surface area contributed by atoms with Crippen LogP contribution in [0.4, 0.5) is 8.78 Å². The fourth-order valence-corrected chi connectivity index (χ4v) is 1.20. The van der Waals surface area contributed by atoms with Crippen LogP contribution < -0.4 is 5.32 Å². The second-order valence-electron chi connectivity index (χ2n) is 3.36. The molecule has 1 rings (SSSR count). The van der Waals surface area contributed by atoms with Crippen LogP contribution >= 0.6 is 11.6 Å². The molecule has 0 saturated carbocycles. The van der Waals surface area contributed by atoms with Crippen LogP contribution in [0.1, 0.15) is 10.4 Å². The number of phenols is 1. The van der Waals surface area contributed by atoms with Crippen molar-refractivity contribution in [2.75, 3.05) is 13.2 Å². The molecule has 94 valence electrons. The van der Waals surface area contributed by atoms with Crippen LogP contribution in [-0.4, -0.2) is 35.2 Å². The van der Waals surface area contributed by atoms with E-state index in [-0.39, 0.29) is 16.3 Å². The molecule has 0 heterocycles. The van der Waals surface area contributed by atoms with Crippen molar-refractivity contribution in [2.45, 2.75) is 5.92 Å². The molecule has 0 radical (unpaired) electrons. The van der Waals surface area contributed by atoms with Crippen LogP contribution in [0.3, 0.4) is 0 Å². The van der Waals surface area contributed by atoms with E-state index in [2.05, 4.69) is 0 Å². The summed E-state index contributed by atoms with van der Waals surface area (Å²) < 4.78 is 25.3. The van der Waals surface area contributed by atoms with Gasteiger partial charge in [0.05, 0.1) is 11.6 Å². The minimum atomic E-state index is -3.36. The summed E-state index contributed by atoms with van der Waals surface area (Å²) in [6, 6.07) is 3.58. The number of aliphatic hydroxyl groups excluding tert-OH is 1. The maximum atomic E-state index is 12.6. The standard InChI is InChI=1S/C10H10ClF2NO3/c11-7-3-6(1-2-8(7)16)9(17)14-4-10(12,13)5-15/h1-3,15-16H,4-5H2,(H,14,17). The van der Waals surface area contributed by atoms with Crippen LogP contribution in [0.2, 0.25) is 5.02 Å². The molecule has 0 saturated heterocycles. The van der Waals surface area contributed by atoms with Crippen molar-refractivity contribution in [1.29, 1.82) is 0 Å². The van der Waals surface area contributed by atoms with E-state index in [0.717, 1.165) is 6.07 Å². The van der Waals surface area contributed by atoms with E-state index in [9.17, 15) is 13.6 Å². The minimum Gasteiger partial charge on any atom is -0.506 e. The highest BCUT2D eigenvalue weighted by atomic mass is 35.5. The van der Waals surface area contributed by atoms with Gasteiger partial charge in [-0.05, 0) is 18.2 Å². The Kier molecular flexibility index (Phi) is 4.25. The van der Waals surface area contributed by atoms with E-state index in [1.807, 2.05) is 5.32 Å². The van der Waals surface area contributed by atoms with Gasteiger partial charge in [0.25, 0.3) is 11.8 Å². The first-order valence-electron chi connectivity index (χ1n) is 4.61. The number of aliphatic hydroxyl groups is 1. The highest BCUT2D eigenvalue weighted by Crippen LogP contribution is 2.23. The van der Waals surface area contributed by atoms with Gasteiger partial charge >= 0.3 is 0 Å². The molecule has 0 fully saturated rings. The smallest absolute Gasteiger partial charge is 0.287 e. The first-order valence-corrected chi connectivity index (χ1v) is 4.99. The zero-order chi connectivity index (χ0) is 13.1. The summed E-state index contributed by atoms with van der Waals surface area (Å²) in [7, 11) is 0. The van der Waals surface area contributed by atoms with Crippen molar-refractivity contribution in [3.63, 3.8) is 0 Å². The van der Waals surface area contributed by atoms with Crippen LogP contribution in [0, 0.1) is 0 Å². The minimum absolute atomic E-state index is 0.0431. The number of alkyl halides is 2. The Labute approximate surface area is 101 Å². The number of aromatic hydroxyl groups is 1. The average Bonchev–Trinajstić information content (AvgIpc) is 2.30. The third-order valence-electron chi connectivity index (χ3n) is 1.95. The number of benzene rings is 1. The number of rotatable bonds is 4. The summed E-state index contributed by atoms with van der Waals surface area (Å²) in [5.74, 6) is -4.33. The number of carbonyl (C=O) groups excluding carboxylic acids is 1. The molecule has 0 atom stereocenters. The normalized spacial score (nSPS) is 11.3. The molecular weight excluding hydrogens is 256 g/mol. The Morgan fingerprint density at radius 3 is 2.65 bits per heavy atom. The van der Waals surface area contributed by atoms with Gasteiger partial charge in [0, 0.05) is 5.56 Å². The molecule has 4 nitrogen and oxygen atoms in total. The van der Waals surface area contributed by atoms with E-state index in [4.69, 9.17) is 21.8 Å². The van der Waals surface area contributed by atoms with Gasteiger partial charge in [0.2, 0.25) is 0 Å². The van der Waals surface area contributed by atoms with Crippen molar-refractivity contribution in [1.82, 2.24) is 5.32 Å². The fourth-order valence-electron chi connectivity index (χ4n) is 1.02. The van der Waals surface area contributed by atoms with Gasteiger partial charge in [0.15, 0.2) is 0 Å². The second kappa shape index (κ2) is 5.29. The molecule has 0 aromatic heterocycles. The Balaban J connectivity index is 2.68. The van der Waals surface area contributed by atoms with Gasteiger partial charge < -0.3 is 15.5 Å². The summed E-state index contributed by atoms with van der Waals surface area (Å²) in [5, 5.41) is 19.3. The molecule has 0 aliphatic heterocycles. The van der Waals surface area contributed by atoms with Gasteiger partial charge in [-0.3, -0.25) is 4.79 Å². The molecule has 1 aromatic carbocycles. The maximum absolute atomic E-state index is 12.6. The lowest BCUT2D eigenvalue weighted by Gasteiger charge is -2.14. The zero-order valence-corrected chi connectivity index (χ0v) is 9.34. The van der Waals surface area contributed by atoms with Gasteiger partial charge in [-0.2, -0.15) is 0 Å².